The average molecular weight is 409 g/mol. The Hall–Kier alpha value is -2.85. The van der Waals surface area contributed by atoms with Gasteiger partial charge in [-0.25, -0.2) is 4.79 Å². The molecule has 26 heavy (non-hydrogen) atoms. The lowest BCUT2D eigenvalue weighted by Crippen LogP contribution is -1.99. The molecule has 0 saturated carbocycles. The molecular weight excluding hydrogens is 392 g/mol. The minimum Gasteiger partial charge on any atom is -0.488 e. The van der Waals surface area contributed by atoms with Crippen molar-refractivity contribution in [1.82, 2.24) is 0 Å². The van der Waals surface area contributed by atoms with Crippen LogP contribution >= 0.6 is 15.9 Å². The first-order chi connectivity index (χ1) is 12.5. The number of hydrogen-bond donors (Lipinski definition) is 1. The number of hydrogen-bond acceptors (Lipinski definition) is 2. The molecule has 0 bridgehead atoms. The summed E-state index contributed by atoms with van der Waals surface area (Å²) in [6, 6.07) is 23.0. The summed E-state index contributed by atoms with van der Waals surface area (Å²) in [6.45, 7) is 4.09. The predicted octanol–water partition coefficient (Wildman–Crippen LogP) is 5.79. The van der Waals surface area contributed by atoms with Crippen molar-refractivity contribution < 1.29 is 14.6 Å². The van der Waals surface area contributed by atoms with Crippen LogP contribution in [0.3, 0.4) is 0 Å². The Balaban J connectivity index is 1.94. The van der Waals surface area contributed by atoms with E-state index in [2.05, 4.69) is 22.5 Å². The Labute approximate surface area is 160 Å². The van der Waals surface area contributed by atoms with E-state index in [1.54, 1.807) is 6.07 Å². The van der Waals surface area contributed by atoms with Gasteiger partial charge in [0.1, 0.15) is 12.4 Å². The molecule has 0 radical (unpaired) electrons. The first-order valence-electron chi connectivity index (χ1n) is 8.04. The Morgan fingerprint density at radius 1 is 1.00 bits per heavy atom. The van der Waals surface area contributed by atoms with Crippen LogP contribution in [-0.2, 0) is 11.4 Å². The third kappa shape index (κ3) is 4.21. The van der Waals surface area contributed by atoms with Gasteiger partial charge < -0.3 is 9.84 Å². The number of carboxylic acid groups (broad SMARTS) is 1. The molecule has 0 saturated heterocycles. The van der Waals surface area contributed by atoms with E-state index >= 15 is 0 Å². The third-order valence-electron chi connectivity index (χ3n) is 3.96. The molecule has 0 amide bonds. The SMILES string of the molecule is C=C(C(=O)O)c1cccc(-c2cc(Br)ccc2OCc2ccccc2)c1. The van der Waals surface area contributed by atoms with Crippen LogP contribution in [0.25, 0.3) is 16.7 Å². The van der Waals surface area contributed by atoms with Gasteiger partial charge in [0.25, 0.3) is 0 Å². The molecule has 0 atom stereocenters. The zero-order valence-corrected chi connectivity index (χ0v) is 15.6. The zero-order valence-electron chi connectivity index (χ0n) is 14.0. The molecule has 3 rings (SSSR count). The van der Waals surface area contributed by atoms with Gasteiger partial charge in [0.2, 0.25) is 0 Å². The van der Waals surface area contributed by atoms with Crippen LogP contribution in [-0.4, -0.2) is 11.1 Å². The van der Waals surface area contributed by atoms with Crippen LogP contribution in [0.1, 0.15) is 11.1 Å². The Bertz CT molecular complexity index is 949. The number of benzene rings is 3. The van der Waals surface area contributed by atoms with Gasteiger partial charge in [0.15, 0.2) is 0 Å². The number of aliphatic carboxylic acids is 1. The summed E-state index contributed by atoms with van der Waals surface area (Å²) < 4.78 is 6.94. The van der Waals surface area contributed by atoms with Crippen LogP contribution in [0.5, 0.6) is 5.75 Å². The molecule has 1 N–H and O–H groups in total. The average Bonchev–Trinajstić information content (AvgIpc) is 2.67. The van der Waals surface area contributed by atoms with Crippen molar-refractivity contribution >= 4 is 27.5 Å². The minimum absolute atomic E-state index is 0.0635. The van der Waals surface area contributed by atoms with Gasteiger partial charge in [-0.3, -0.25) is 0 Å². The summed E-state index contributed by atoms with van der Waals surface area (Å²) in [5, 5.41) is 9.17. The molecule has 130 valence electrons. The molecule has 0 unspecified atom stereocenters. The Morgan fingerprint density at radius 3 is 2.50 bits per heavy atom. The number of rotatable bonds is 6. The second-order valence-corrected chi connectivity index (χ2v) is 6.69. The summed E-state index contributed by atoms with van der Waals surface area (Å²) in [6.07, 6.45) is 0. The van der Waals surface area contributed by atoms with E-state index in [1.165, 1.54) is 0 Å². The smallest absolute Gasteiger partial charge is 0.335 e. The van der Waals surface area contributed by atoms with Crippen molar-refractivity contribution in [3.05, 3.63) is 95.0 Å². The zero-order chi connectivity index (χ0) is 18.5. The molecule has 0 heterocycles. The van der Waals surface area contributed by atoms with Crippen LogP contribution < -0.4 is 4.74 Å². The van der Waals surface area contributed by atoms with Crippen LogP contribution in [0.2, 0.25) is 0 Å². The predicted molar refractivity (Wildman–Crippen MR) is 107 cm³/mol. The van der Waals surface area contributed by atoms with E-state index in [4.69, 9.17) is 4.74 Å². The van der Waals surface area contributed by atoms with Gasteiger partial charge in [-0.2, -0.15) is 0 Å². The maximum absolute atomic E-state index is 11.2. The molecule has 0 aliphatic carbocycles. The standard InChI is InChI=1S/C22H17BrO3/c1-15(22(24)25)17-8-5-9-18(12-17)20-13-19(23)10-11-21(20)26-14-16-6-3-2-4-7-16/h2-13H,1,14H2,(H,24,25). The maximum atomic E-state index is 11.2. The van der Waals surface area contributed by atoms with E-state index in [9.17, 15) is 9.90 Å². The first kappa shape index (κ1) is 18.0. The van der Waals surface area contributed by atoms with Crippen molar-refractivity contribution in [2.24, 2.45) is 0 Å². The van der Waals surface area contributed by atoms with Crippen LogP contribution in [0.4, 0.5) is 0 Å². The summed E-state index contributed by atoms with van der Waals surface area (Å²) in [5.41, 5.74) is 3.47. The quantitative estimate of drug-likeness (QED) is 0.524. The van der Waals surface area contributed by atoms with E-state index in [1.807, 2.05) is 66.7 Å². The van der Waals surface area contributed by atoms with E-state index in [0.717, 1.165) is 26.9 Å². The molecular formula is C22H17BrO3. The van der Waals surface area contributed by atoms with Gasteiger partial charge in [0, 0.05) is 10.0 Å². The van der Waals surface area contributed by atoms with E-state index in [0.29, 0.717) is 12.2 Å². The van der Waals surface area contributed by atoms with Crippen molar-refractivity contribution in [2.45, 2.75) is 6.61 Å². The molecule has 0 fully saturated rings. The van der Waals surface area contributed by atoms with Crippen molar-refractivity contribution in [3.8, 4) is 16.9 Å². The number of carboxylic acids is 1. The lowest BCUT2D eigenvalue weighted by atomic mass is 9.99. The van der Waals surface area contributed by atoms with Gasteiger partial charge in [-0.1, -0.05) is 71.0 Å². The monoisotopic (exact) mass is 408 g/mol. The van der Waals surface area contributed by atoms with Gasteiger partial charge in [0.05, 0.1) is 5.57 Å². The lowest BCUT2D eigenvalue weighted by Gasteiger charge is -2.13. The highest BCUT2D eigenvalue weighted by atomic mass is 79.9. The van der Waals surface area contributed by atoms with Crippen LogP contribution in [0.15, 0.2) is 83.8 Å². The van der Waals surface area contributed by atoms with Crippen molar-refractivity contribution in [3.63, 3.8) is 0 Å². The summed E-state index contributed by atoms with van der Waals surface area (Å²) in [5.74, 6) is -0.299. The highest BCUT2D eigenvalue weighted by molar-refractivity contribution is 9.10. The second-order valence-electron chi connectivity index (χ2n) is 5.78. The topological polar surface area (TPSA) is 46.5 Å². The summed E-state index contributed by atoms with van der Waals surface area (Å²) >= 11 is 3.49. The normalized spacial score (nSPS) is 10.3. The molecule has 4 heteroatoms. The summed E-state index contributed by atoms with van der Waals surface area (Å²) in [4.78, 5) is 11.2. The molecule has 3 nitrogen and oxygen atoms in total. The minimum atomic E-state index is -1.03. The van der Waals surface area contributed by atoms with Gasteiger partial charge in [-0.05, 0) is 41.0 Å². The largest absolute Gasteiger partial charge is 0.488 e. The lowest BCUT2D eigenvalue weighted by molar-refractivity contribution is -0.130. The first-order valence-corrected chi connectivity index (χ1v) is 8.83. The van der Waals surface area contributed by atoms with E-state index in [-0.39, 0.29) is 5.57 Å². The molecule has 0 aliphatic heterocycles. The fourth-order valence-corrected chi connectivity index (χ4v) is 2.95. The number of ether oxygens (including phenoxy) is 1. The molecule has 0 aliphatic rings. The van der Waals surface area contributed by atoms with Crippen molar-refractivity contribution in [1.29, 1.82) is 0 Å². The highest BCUT2D eigenvalue weighted by Crippen LogP contribution is 2.34. The number of carbonyl (C=O) groups is 1. The Kier molecular flexibility index (Phi) is 5.54. The maximum Gasteiger partial charge on any atom is 0.335 e. The van der Waals surface area contributed by atoms with Gasteiger partial charge >= 0.3 is 5.97 Å². The highest BCUT2D eigenvalue weighted by Gasteiger charge is 2.12. The fourth-order valence-electron chi connectivity index (χ4n) is 2.59. The van der Waals surface area contributed by atoms with Gasteiger partial charge in [-0.15, -0.1) is 0 Å². The molecule has 0 aromatic heterocycles. The third-order valence-corrected chi connectivity index (χ3v) is 4.45. The van der Waals surface area contributed by atoms with E-state index < -0.39 is 5.97 Å². The summed E-state index contributed by atoms with van der Waals surface area (Å²) in [7, 11) is 0. The molecule has 3 aromatic rings. The van der Waals surface area contributed by atoms with Crippen LogP contribution in [0, 0.1) is 0 Å². The fraction of sp³-hybridized carbons (Fsp3) is 0.0455. The molecule has 3 aromatic carbocycles. The Morgan fingerprint density at radius 2 is 1.77 bits per heavy atom. The van der Waals surface area contributed by atoms with Crippen molar-refractivity contribution in [2.75, 3.05) is 0 Å². The molecule has 0 spiro atoms. The number of halogens is 1. The second kappa shape index (κ2) is 8.02.